The van der Waals surface area contributed by atoms with Crippen molar-refractivity contribution in [2.75, 3.05) is 28.6 Å². The van der Waals surface area contributed by atoms with Crippen LogP contribution >= 0.6 is 0 Å². The summed E-state index contributed by atoms with van der Waals surface area (Å²) in [5, 5.41) is 15.0. The maximum atomic E-state index is 12.4. The van der Waals surface area contributed by atoms with E-state index < -0.39 is 0 Å². The third-order valence-electron chi connectivity index (χ3n) is 4.54. The van der Waals surface area contributed by atoms with E-state index >= 15 is 0 Å². The number of pyridine rings is 1. The minimum atomic E-state index is -0.275. The van der Waals surface area contributed by atoms with Crippen LogP contribution in [0.4, 0.5) is 22.9 Å². The summed E-state index contributed by atoms with van der Waals surface area (Å²) >= 11 is 0. The van der Waals surface area contributed by atoms with Crippen LogP contribution in [0.25, 0.3) is 0 Å². The van der Waals surface area contributed by atoms with Crippen molar-refractivity contribution in [3.05, 3.63) is 78.0 Å². The fourth-order valence-corrected chi connectivity index (χ4v) is 2.96. The molecule has 2 aromatic carbocycles. The lowest BCUT2D eigenvalue weighted by Gasteiger charge is -2.21. The molecule has 1 heterocycles. The Morgan fingerprint density at radius 3 is 2.41 bits per heavy atom. The number of aromatic nitrogens is 1. The summed E-state index contributed by atoms with van der Waals surface area (Å²) in [4.78, 5) is 19.0. The van der Waals surface area contributed by atoms with Crippen LogP contribution in [0, 0.1) is 11.3 Å². The first-order chi connectivity index (χ1) is 14.1. The summed E-state index contributed by atoms with van der Waals surface area (Å²) in [6.45, 7) is 6.21. The zero-order valence-corrected chi connectivity index (χ0v) is 16.5. The Labute approximate surface area is 170 Å². The fourth-order valence-electron chi connectivity index (χ4n) is 2.96. The van der Waals surface area contributed by atoms with Crippen molar-refractivity contribution < 1.29 is 4.79 Å². The number of hydrogen-bond acceptors (Lipinski definition) is 5. The van der Waals surface area contributed by atoms with E-state index in [4.69, 9.17) is 5.26 Å². The smallest absolute Gasteiger partial charge is 0.257 e. The van der Waals surface area contributed by atoms with Gasteiger partial charge in [0.1, 0.15) is 5.82 Å². The van der Waals surface area contributed by atoms with Crippen LogP contribution in [0.1, 0.15) is 29.8 Å². The van der Waals surface area contributed by atoms with Gasteiger partial charge in [-0.25, -0.2) is 4.98 Å². The Balaban J connectivity index is 1.64. The van der Waals surface area contributed by atoms with Gasteiger partial charge in [-0.1, -0.05) is 6.07 Å². The van der Waals surface area contributed by atoms with E-state index in [2.05, 4.69) is 52.6 Å². The lowest BCUT2D eigenvalue weighted by Crippen LogP contribution is -2.21. The molecule has 0 unspecified atom stereocenters. The molecular formula is C23H23N5O. The molecule has 3 aromatic rings. The van der Waals surface area contributed by atoms with E-state index in [9.17, 15) is 4.79 Å². The van der Waals surface area contributed by atoms with E-state index in [1.807, 2.05) is 12.1 Å². The number of rotatable bonds is 7. The Hall–Kier alpha value is -3.85. The molecule has 0 aliphatic carbocycles. The lowest BCUT2D eigenvalue weighted by molar-refractivity contribution is 0.102. The molecule has 146 valence electrons. The first-order valence-corrected chi connectivity index (χ1v) is 9.52. The summed E-state index contributed by atoms with van der Waals surface area (Å²) in [6.07, 6.45) is 1.52. The molecule has 1 aromatic heterocycles. The van der Waals surface area contributed by atoms with Gasteiger partial charge in [0.05, 0.1) is 17.2 Å². The average Bonchev–Trinajstić information content (AvgIpc) is 2.76. The van der Waals surface area contributed by atoms with Gasteiger partial charge in [0.15, 0.2) is 0 Å². The zero-order chi connectivity index (χ0) is 20.6. The summed E-state index contributed by atoms with van der Waals surface area (Å²) in [7, 11) is 0. The molecule has 0 fully saturated rings. The van der Waals surface area contributed by atoms with Crippen molar-refractivity contribution in [1.82, 2.24) is 4.98 Å². The summed E-state index contributed by atoms with van der Waals surface area (Å²) < 4.78 is 0. The highest BCUT2D eigenvalue weighted by atomic mass is 16.1. The summed E-state index contributed by atoms with van der Waals surface area (Å²) in [6, 6.07) is 20.5. The number of carbonyl (C=O) groups excluding carboxylic acids is 1. The number of hydrogen-bond donors (Lipinski definition) is 2. The molecule has 0 bridgehead atoms. The summed E-state index contributed by atoms with van der Waals surface area (Å²) in [5.41, 5.74) is 3.62. The molecule has 29 heavy (non-hydrogen) atoms. The standard InChI is InChI=1S/C23H23N5O/c1-3-28(4-2)21-11-9-19(10-12-21)26-22-13-8-18(16-25-22)23(29)27-20-7-5-6-17(14-20)15-24/h5-14,16H,3-4H2,1-2H3,(H,25,26)(H,27,29). The van der Waals surface area contributed by atoms with E-state index in [0.717, 1.165) is 18.8 Å². The average molecular weight is 385 g/mol. The van der Waals surface area contributed by atoms with Gasteiger partial charge in [0.2, 0.25) is 0 Å². The molecule has 0 atom stereocenters. The van der Waals surface area contributed by atoms with Crippen LogP contribution in [-0.2, 0) is 0 Å². The Bertz CT molecular complexity index is 1000. The number of anilines is 4. The van der Waals surface area contributed by atoms with Crippen molar-refractivity contribution in [2.45, 2.75) is 13.8 Å². The Morgan fingerprint density at radius 2 is 1.79 bits per heavy atom. The molecule has 0 saturated carbocycles. The van der Waals surface area contributed by atoms with Crippen molar-refractivity contribution in [3.63, 3.8) is 0 Å². The molecule has 6 nitrogen and oxygen atoms in total. The van der Waals surface area contributed by atoms with Crippen LogP contribution in [-0.4, -0.2) is 24.0 Å². The van der Waals surface area contributed by atoms with Crippen LogP contribution in [0.15, 0.2) is 66.9 Å². The topological polar surface area (TPSA) is 81.0 Å². The first-order valence-electron chi connectivity index (χ1n) is 9.52. The van der Waals surface area contributed by atoms with Gasteiger partial charge in [-0.15, -0.1) is 0 Å². The third kappa shape index (κ3) is 5.11. The quantitative estimate of drug-likeness (QED) is 0.611. The van der Waals surface area contributed by atoms with Gasteiger partial charge in [-0.05, 0) is 68.4 Å². The minimum absolute atomic E-state index is 0.275. The third-order valence-corrected chi connectivity index (χ3v) is 4.54. The molecule has 0 spiro atoms. The highest BCUT2D eigenvalue weighted by molar-refractivity contribution is 6.04. The van der Waals surface area contributed by atoms with Gasteiger partial charge < -0.3 is 15.5 Å². The highest BCUT2D eigenvalue weighted by Gasteiger charge is 2.08. The predicted molar refractivity (Wildman–Crippen MR) is 117 cm³/mol. The number of amides is 1. The van der Waals surface area contributed by atoms with Crippen LogP contribution in [0.3, 0.4) is 0 Å². The Kier molecular flexibility index (Phi) is 6.43. The first kappa shape index (κ1) is 19.9. The highest BCUT2D eigenvalue weighted by Crippen LogP contribution is 2.20. The number of nitriles is 1. The molecule has 0 aliphatic heterocycles. The van der Waals surface area contributed by atoms with Crippen molar-refractivity contribution in [3.8, 4) is 6.07 Å². The maximum absolute atomic E-state index is 12.4. The van der Waals surface area contributed by atoms with E-state index in [1.54, 1.807) is 36.4 Å². The van der Waals surface area contributed by atoms with Crippen molar-refractivity contribution in [1.29, 1.82) is 5.26 Å². The van der Waals surface area contributed by atoms with E-state index in [1.165, 1.54) is 11.9 Å². The molecular weight excluding hydrogens is 362 g/mol. The second kappa shape index (κ2) is 9.38. The molecule has 6 heteroatoms. The fraction of sp³-hybridized carbons (Fsp3) is 0.174. The lowest BCUT2D eigenvalue weighted by atomic mass is 10.2. The normalized spacial score (nSPS) is 10.1. The second-order valence-electron chi connectivity index (χ2n) is 6.42. The minimum Gasteiger partial charge on any atom is -0.372 e. The number of nitrogens with zero attached hydrogens (tertiary/aromatic N) is 3. The molecule has 0 saturated heterocycles. The molecule has 3 rings (SSSR count). The SMILES string of the molecule is CCN(CC)c1ccc(Nc2ccc(C(=O)Nc3cccc(C#N)c3)cn2)cc1. The van der Waals surface area contributed by atoms with Crippen molar-refractivity contribution in [2.24, 2.45) is 0 Å². The summed E-state index contributed by atoms with van der Waals surface area (Å²) in [5.74, 6) is 0.381. The Morgan fingerprint density at radius 1 is 1.03 bits per heavy atom. The second-order valence-corrected chi connectivity index (χ2v) is 6.42. The maximum Gasteiger partial charge on any atom is 0.257 e. The molecule has 0 radical (unpaired) electrons. The van der Waals surface area contributed by atoms with E-state index in [-0.39, 0.29) is 5.91 Å². The van der Waals surface area contributed by atoms with Crippen LogP contribution in [0.2, 0.25) is 0 Å². The zero-order valence-electron chi connectivity index (χ0n) is 16.5. The molecule has 2 N–H and O–H groups in total. The van der Waals surface area contributed by atoms with Gasteiger partial charge in [-0.3, -0.25) is 4.79 Å². The van der Waals surface area contributed by atoms with Gasteiger partial charge in [0.25, 0.3) is 5.91 Å². The van der Waals surface area contributed by atoms with Gasteiger partial charge >= 0.3 is 0 Å². The van der Waals surface area contributed by atoms with Crippen molar-refractivity contribution >= 4 is 28.8 Å². The van der Waals surface area contributed by atoms with Gasteiger partial charge in [0, 0.05) is 36.3 Å². The number of carbonyl (C=O) groups is 1. The number of nitrogens with one attached hydrogen (secondary N) is 2. The predicted octanol–water partition coefficient (Wildman–Crippen LogP) is 4.80. The molecule has 1 amide bonds. The monoisotopic (exact) mass is 385 g/mol. The van der Waals surface area contributed by atoms with Crippen LogP contribution in [0.5, 0.6) is 0 Å². The number of benzene rings is 2. The van der Waals surface area contributed by atoms with Crippen LogP contribution < -0.4 is 15.5 Å². The van der Waals surface area contributed by atoms with Gasteiger partial charge in [-0.2, -0.15) is 5.26 Å². The largest absolute Gasteiger partial charge is 0.372 e. The molecule has 0 aliphatic rings. The van der Waals surface area contributed by atoms with E-state index in [0.29, 0.717) is 22.6 Å².